The molecule has 5 heteroatoms. The third kappa shape index (κ3) is 3.03. The summed E-state index contributed by atoms with van der Waals surface area (Å²) in [6.07, 6.45) is 5.76. The van der Waals surface area contributed by atoms with Crippen molar-refractivity contribution < 1.29 is 4.79 Å². The number of aryl methyl sites for hydroxylation is 1. The van der Waals surface area contributed by atoms with E-state index in [1.54, 1.807) is 4.90 Å². The van der Waals surface area contributed by atoms with Crippen molar-refractivity contribution in [1.82, 2.24) is 14.7 Å². The van der Waals surface area contributed by atoms with E-state index >= 15 is 0 Å². The molecular weight excluding hydrogens is 242 g/mol. The Balaban J connectivity index is 2.16. The van der Waals surface area contributed by atoms with E-state index in [2.05, 4.69) is 5.10 Å². The van der Waals surface area contributed by atoms with Crippen molar-refractivity contribution >= 4 is 5.91 Å². The van der Waals surface area contributed by atoms with Gasteiger partial charge in [0.15, 0.2) is 0 Å². The molecule has 0 bridgehead atoms. The lowest BCUT2D eigenvalue weighted by Gasteiger charge is -2.31. The average molecular weight is 263 g/mol. The Bertz CT molecular complexity index is 504. The Morgan fingerprint density at radius 3 is 2.68 bits per heavy atom. The highest BCUT2D eigenvalue weighted by atomic mass is 16.2. The smallest absolute Gasteiger partial charge is 0.274 e. The summed E-state index contributed by atoms with van der Waals surface area (Å²) in [4.78, 5) is 25.6. The molecule has 0 aliphatic heterocycles. The fourth-order valence-corrected chi connectivity index (χ4v) is 2.60. The molecule has 0 atom stereocenters. The standard InChI is InChI=1S/C14H21N3O2/c1-3-17-13(18)10-9-12(15-17)14(19)16(2)11-7-5-4-6-8-11/h9-11H,3-8H2,1-2H3. The number of nitrogens with zero attached hydrogens (tertiary/aromatic N) is 3. The number of aromatic nitrogens is 2. The maximum atomic E-state index is 12.4. The van der Waals surface area contributed by atoms with Crippen molar-refractivity contribution in [3.63, 3.8) is 0 Å². The second-order valence-corrected chi connectivity index (χ2v) is 5.08. The molecule has 0 N–H and O–H groups in total. The maximum Gasteiger partial charge on any atom is 0.274 e. The van der Waals surface area contributed by atoms with Crippen LogP contribution in [0, 0.1) is 0 Å². The zero-order valence-corrected chi connectivity index (χ0v) is 11.6. The van der Waals surface area contributed by atoms with Crippen molar-refractivity contribution in [2.75, 3.05) is 7.05 Å². The van der Waals surface area contributed by atoms with Gasteiger partial charge in [-0.05, 0) is 25.8 Å². The van der Waals surface area contributed by atoms with Crippen LogP contribution in [-0.2, 0) is 6.54 Å². The summed E-state index contributed by atoms with van der Waals surface area (Å²) in [6.45, 7) is 2.32. The lowest BCUT2D eigenvalue weighted by Crippen LogP contribution is -2.39. The minimum Gasteiger partial charge on any atom is -0.337 e. The lowest BCUT2D eigenvalue weighted by molar-refractivity contribution is 0.0687. The molecule has 1 heterocycles. The molecule has 1 aliphatic carbocycles. The van der Waals surface area contributed by atoms with Crippen LogP contribution >= 0.6 is 0 Å². The van der Waals surface area contributed by atoms with Gasteiger partial charge in [-0.3, -0.25) is 9.59 Å². The Kier molecular flexibility index (Phi) is 4.35. The van der Waals surface area contributed by atoms with Gasteiger partial charge < -0.3 is 4.90 Å². The second kappa shape index (κ2) is 5.99. The molecule has 19 heavy (non-hydrogen) atoms. The van der Waals surface area contributed by atoms with E-state index < -0.39 is 0 Å². The van der Waals surface area contributed by atoms with Gasteiger partial charge in [0.05, 0.1) is 0 Å². The quantitative estimate of drug-likeness (QED) is 0.833. The fourth-order valence-electron chi connectivity index (χ4n) is 2.60. The zero-order chi connectivity index (χ0) is 13.8. The highest BCUT2D eigenvalue weighted by Crippen LogP contribution is 2.22. The summed E-state index contributed by atoms with van der Waals surface area (Å²) >= 11 is 0. The van der Waals surface area contributed by atoms with E-state index in [0.717, 1.165) is 12.8 Å². The molecular formula is C14H21N3O2. The molecule has 1 aliphatic rings. The molecule has 104 valence electrons. The Morgan fingerprint density at radius 1 is 1.37 bits per heavy atom. The van der Waals surface area contributed by atoms with Crippen molar-refractivity contribution in [2.24, 2.45) is 0 Å². The molecule has 1 amide bonds. The van der Waals surface area contributed by atoms with Crippen LogP contribution in [0.25, 0.3) is 0 Å². The molecule has 0 spiro atoms. The molecule has 1 fully saturated rings. The molecule has 1 aromatic heterocycles. The van der Waals surface area contributed by atoms with Crippen molar-refractivity contribution in [3.8, 4) is 0 Å². The van der Waals surface area contributed by atoms with Crippen LogP contribution in [0.2, 0.25) is 0 Å². The van der Waals surface area contributed by atoms with Gasteiger partial charge in [-0.25, -0.2) is 4.68 Å². The van der Waals surface area contributed by atoms with Gasteiger partial charge >= 0.3 is 0 Å². The van der Waals surface area contributed by atoms with Crippen LogP contribution < -0.4 is 5.56 Å². The van der Waals surface area contributed by atoms with E-state index in [4.69, 9.17) is 0 Å². The first-order chi connectivity index (χ1) is 9.13. The third-order valence-electron chi connectivity index (χ3n) is 3.83. The fraction of sp³-hybridized carbons (Fsp3) is 0.643. The monoisotopic (exact) mass is 263 g/mol. The van der Waals surface area contributed by atoms with Crippen LogP contribution in [0.3, 0.4) is 0 Å². The number of amides is 1. The average Bonchev–Trinajstić information content (AvgIpc) is 2.47. The Hall–Kier alpha value is -1.65. The van der Waals surface area contributed by atoms with Crippen molar-refractivity contribution in [2.45, 2.75) is 51.6 Å². The lowest BCUT2D eigenvalue weighted by atomic mass is 9.94. The SMILES string of the molecule is CCn1nc(C(=O)N(C)C2CCCCC2)ccc1=O. The van der Waals surface area contributed by atoms with Gasteiger partial charge in [0.1, 0.15) is 5.69 Å². The van der Waals surface area contributed by atoms with E-state index in [-0.39, 0.29) is 11.5 Å². The topological polar surface area (TPSA) is 55.2 Å². The van der Waals surface area contributed by atoms with Gasteiger partial charge in [0, 0.05) is 25.7 Å². The maximum absolute atomic E-state index is 12.4. The summed E-state index contributed by atoms with van der Waals surface area (Å²) in [7, 11) is 1.83. The molecule has 5 nitrogen and oxygen atoms in total. The molecule has 0 aromatic carbocycles. The number of carbonyl (C=O) groups is 1. The molecule has 1 saturated carbocycles. The van der Waals surface area contributed by atoms with E-state index in [1.165, 1.54) is 36.1 Å². The van der Waals surface area contributed by atoms with Crippen molar-refractivity contribution in [3.05, 3.63) is 28.2 Å². The normalized spacial score (nSPS) is 16.3. The molecule has 0 radical (unpaired) electrons. The molecule has 0 unspecified atom stereocenters. The third-order valence-corrected chi connectivity index (χ3v) is 3.83. The van der Waals surface area contributed by atoms with Gasteiger partial charge in [0.25, 0.3) is 11.5 Å². The predicted molar refractivity (Wildman–Crippen MR) is 73.1 cm³/mol. The number of hydrogen-bond donors (Lipinski definition) is 0. The number of carbonyl (C=O) groups excluding carboxylic acids is 1. The van der Waals surface area contributed by atoms with Gasteiger partial charge in [-0.1, -0.05) is 19.3 Å². The summed E-state index contributed by atoms with van der Waals surface area (Å²) in [5, 5.41) is 4.12. The molecule has 2 rings (SSSR count). The first-order valence-electron chi connectivity index (χ1n) is 6.98. The van der Waals surface area contributed by atoms with E-state index in [0.29, 0.717) is 18.3 Å². The zero-order valence-electron chi connectivity index (χ0n) is 11.6. The first kappa shape index (κ1) is 13.8. The predicted octanol–water partition coefficient (Wildman–Crippen LogP) is 1.67. The van der Waals surface area contributed by atoms with E-state index in [9.17, 15) is 9.59 Å². The minimum absolute atomic E-state index is 0.0888. The van der Waals surface area contributed by atoms with Crippen LogP contribution in [0.4, 0.5) is 0 Å². The molecule has 1 aromatic rings. The highest BCUT2D eigenvalue weighted by molar-refractivity contribution is 5.92. The highest BCUT2D eigenvalue weighted by Gasteiger charge is 2.24. The largest absolute Gasteiger partial charge is 0.337 e. The van der Waals surface area contributed by atoms with Gasteiger partial charge in [-0.15, -0.1) is 0 Å². The number of rotatable bonds is 3. The van der Waals surface area contributed by atoms with Crippen molar-refractivity contribution in [1.29, 1.82) is 0 Å². The van der Waals surface area contributed by atoms with Gasteiger partial charge in [-0.2, -0.15) is 5.10 Å². The Labute approximate surface area is 113 Å². The molecule has 0 saturated heterocycles. The number of hydrogen-bond acceptors (Lipinski definition) is 3. The summed E-state index contributed by atoms with van der Waals surface area (Å²) in [5.74, 6) is -0.0888. The first-order valence-corrected chi connectivity index (χ1v) is 6.98. The summed E-state index contributed by atoms with van der Waals surface area (Å²) < 4.78 is 1.32. The van der Waals surface area contributed by atoms with Crippen LogP contribution in [0.1, 0.15) is 49.5 Å². The summed E-state index contributed by atoms with van der Waals surface area (Å²) in [6, 6.07) is 3.25. The van der Waals surface area contributed by atoms with Crippen LogP contribution in [-0.4, -0.2) is 33.7 Å². The van der Waals surface area contributed by atoms with Crippen LogP contribution in [0.5, 0.6) is 0 Å². The summed E-state index contributed by atoms with van der Waals surface area (Å²) in [5.41, 5.74) is 0.189. The van der Waals surface area contributed by atoms with Gasteiger partial charge in [0.2, 0.25) is 0 Å². The Morgan fingerprint density at radius 2 is 2.05 bits per heavy atom. The second-order valence-electron chi connectivity index (χ2n) is 5.08. The minimum atomic E-state index is -0.167. The van der Waals surface area contributed by atoms with Crippen LogP contribution in [0.15, 0.2) is 16.9 Å². The van der Waals surface area contributed by atoms with E-state index in [1.807, 2.05) is 14.0 Å².